The van der Waals surface area contributed by atoms with Gasteiger partial charge in [0, 0.05) is 5.92 Å². The second-order valence-corrected chi connectivity index (χ2v) is 4.23. The molecule has 0 aliphatic carbocycles. The molecule has 0 aromatic carbocycles. The summed E-state index contributed by atoms with van der Waals surface area (Å²) in [6.45, 7) is 7.35. The van der Waals surface area contributed by atoms with Crippen molar-refractivity contribution in [3.8, 4) is 0 Å². The molecule has 0 saturated carbocycles. The van der Waals surface area contributed by atoms with Gasteiger partial charge in [0.2, 0.25) is 0 Å². The van der Waals surface area contributed by atoms with Crippen molar-refractivity contribution in [3.63, 3.8) is 0 Å². The monoisotopic (exact) mass is 204 g/mol. The summed E-state index contributed by atoms with van der Waals surface area (Å²) in [7, 11) is 0. The van der Waals surface area contributed by atoms with Crippen LogP contribution in [0.2, 0.25) is 0 Å². The Morgan fingerprint density at radius 3 is 2.21 bits per heavy atom. The van der Waals surface area contributed by atoms with Crippen molar-refractivity contribution in [3.05, 3.63) is 0 Å². The van der Waals surface area contributed by atoms with E-state index in [1.54, 1.807) is 13.8 Å². The summed E-state index contributed by atoms with van der Waals surface area (Å²) in [6, 6.07) is 0. The second kappa shape index (κ2) is 4.57. The van der Waals surface area contributed by atoms with Crippen molar-refractivity contribution in [2.75, 3.05) is 0 Å². The number of rotatable bonds is 2. The van der Waals surface area contributed by atoms with E-state index < -0.39 is 18.5 Å². The first-order valence-electron chi connectivity index (χ1n) is 5.10. The van der Waals surface area contributed by atoms with Crippen LogP contribution in [0.3, 0.4) is 0 Å². The quantitative estimate of drug-likeness (QED) is 0.688. The van der Waals surface area contributed by atoms with Crippen molar-refractivity contribution in [2.45, 2.75) is 58.4 Å². The molecule has 84 valence electrons. The van der Waals surface area contributed by atoms with Crippen LogP contribution in [0.15, 0.2) is 0 Å². The molecule has 5 atom stereocenters. The first-order chi connectivity index (χ1) is 6.43. The summed E-state index contributed by atoms with van der Waals surface area (Å²) < 4.78 is 10.8. The van der Waals surface area contributed by atoms with Gasteiger partial charge in [-0.3, -0.25) is 0 Å². The molecule has 2 N–H and O–H groups in total. The van der Waals surface area contributed by atoms with Crippen LogP contribution < -0.4 is 0 Å². The summed E-state index contributed by atoms with van der Waals surface area (Å²) in [5, 5.41) is 19.4. The summed E-state index contributed by atoms with van der Waals surface area (Å²) in [5.74, 6) is -0.220. The van der Waals surface area contributed by atoms with Gasteiger partial charge in [0.25, 0.3) is 0 Å². The van der Waals surface area contributed by atoms with Gasteiger partial charge in [-0.05, 0) is 20.8 Å². The van der Waals surface area contributed by atoms with Gasteiger partial charge in [-0.1, -0.05) is 6.92 Å². The van der Waals surface area contributed by atoms with E-state index >= 15 is 0 Å². The van der Waals surface area contributed by atoms with E-state index in [2.05, 4.69) is 0 Å². The molecule has 0 aromatic rings. The highest BCUT2D eigenvalue weighted by Gasteiger charge is 2.40. The molecule has 0 spiro atoms. The number of hydrogen-bond donors (Lipinski definition) is 2. The van der Waals surface area contributed by atoms with E-state index in [0.717, 1.165) is 0 Å². The van der Waals surface area contributed by atoms with Gasteiger partial charge in [-0.25, -0.2) is 0 Å². The second-order valence-electron chi connectivity index (χ2n) is 4.23. The first-order valence-corrected chi connectivity index (χ1v) is 5.10. The SMILES string of the molecule is CC(C)O[C@@H]1O[C@@H](C)[C@H](O)[C@@H](C)[C@H]1O. The lowest BCUT2D eigenvalue weighted by Gasteiger charge is -2.40. The van der Waals surface area contributed by atoms with E-state index in [0.29, 0.717) is 0 Å². The summed E-state index contributed by atoms with van der Waals surface area (Å²) in [5.41, 5.74) is 0. The zero-order chi connectivity index (χ0) is 10.9. The van der Waals surface area contributed by atoms with Crippen molar-refractivity contribution in [2.24, 2.45) is 5.92 Å². The average Bonchev–Trinajstić information content (AvgIpc) is 2.10. The summed E-state index contributed by atoms with van der Waals surface area (Å²) >= 11 is 0. The van der Waals surface area contributed by atoms with Crippen LogP contribution >= 0.6 is 0 Å². The third-order valence-corrected chi connectivity index (χ3v) is 2.59. The standard InChI is InChI=1S/C10H20O4/c1-5(2)13-10-9(12)6(3)8(11)7(4)14-10/h5-12H,1-4H3/t6-,7+,8-,9-,10-/m1/s1. The van der Waals surface area contributed by atoms with Crippen LogP contribution in [0.1, 0.15) is 27.7 Å². The first kappa shape index (κ1) is 11.9. The summed E-state index contributed by atoms with van der Waals surface area (Å²) in [4.78, 5) is 0. The van der Waals surface area contributed by atoms with Gasteiger partial charge in [0.05, 0.1) is 18.3 Å². The van der Waals surface area contributed by atoms with Gasteiger partial charge >= 0.3 is 0 Å². The van der Waals surface area contributed by atoms with Crippen LogP contribution in [0.25, 0.3) is 0 Å². The minimum atomic E-state index is -0.761. The molecule has 0 bridgehead atoms. The lowest BCUT2D eigenvalue weighted by molar-refractivity contribution is -0.288. The molecule has 1 fully saturated rings. The number of aliphatic hydroxyl groups is 2. The Morgan fingerprint density at radius 1 is 1.14 bits per heavy atom. The van der Waals surface area contributed by atoms with Crippen LogP contribution in [-0.2, 0) is 9.47 Å². The molecule has 0 unspecified atom stereocenters. The molecule has 4 heteroatoms. The molecule has 0 amide bonds. The lowest BCUT2D eigenvalue weighted by Crippen LogP contribution is -2.53. The maximum atomic E-state index is 9.76. The van der Waals surface area contributed by atoms with Crippen LogP contribution in [0.5, 0.6) is 0 Å². The topological polar surface area (TPSA) is 58.9 Å². The molecule has 1 aliphatic heterocycles. The van der Waals surface area contributed by atoms with Crippen molar-refractivity contribution in [1.29, 1.82) is 0 Å². The normalized spacial score (nSPS) is 44.4. The molecule has 1 rings (SSSR count). The van der Waals surface area contributed by atoms with Gasteiger partial charge in [-0.15, -0.1) is 0 Å². The maximum Gasteiger partial charge on any atom is 0.184 e. The largest absolute Gasteiger partial charge is 0.390 e. The van der Waals surface area contributed by atoms with Gasteiger partial charge in [0.1, 0.15) is 6.10 Å². The van der Waals surface area contributed by atoms with E-state index in [1.807, 2.05) is 13.8 Å². The number of hydrogen-bond acceptors (Lipinski definition) is 4. The van der Waals surface area contributed by atoms with Gasteiger partial charge < -0.3 is 19.7 Å². The Labute approximate surface area is 84.8 Å². The summed E-state index contributed by atoms with van der Waals surface area (Å²) in [6.07, 6.45) is -2.30. The fraction of sp³-hybridized carbons (Fsp3) is 1.00. The predicted octanol–water partition coefficient (Wildman–Crippen LogP) is 0.514. The zero-order valence-electron chi connectivity index (χ0n) is 9.18. The van der Waals surface area contributed by atoms with Gasteiger partial charge in [0.15, 0.2) is 6.29 Å². The predicted molar refractivity (Wildman–Crippen MR) is 51.7 cm³/mol. The number of aliphatic hydroxyl groups excluding tert-OH is 2. The molecule has 1 saturated heterocycles. The molecule has 1 heterocycles. The van der Waals surface area contributed by atoms with Crippen LogP contribution in [0, 0.1) is 5.92 Å². The van der Waals surface area contributed by atoms with E-state index in [1.165, 1.54) is 0 Å². The highest BCUT2D eigenvalue weighted by molar-refractivity contribution is 4.84. The molecule has 1 aliphatic rings. The lowest BCUT2D eigenvalue weighted by atomic mass is 9.91. The Morgan fingerprint density at radius 2 is 1.71 bits per heavy atom. The zero-order valence-corrected chi connectivity index (χ0v) is 9.18. The van der Waals surface area contributed by atoms with E-state index in [-0.39, 0.29) is 18.1 Å². The van der Waals surface area contributed by atoms with Crippen LogP contribution in [-0.4, -0.2) is 40.9 Å². The molecule has 0 radical (unpaired) electrons. The highest BCUT2D eigenvalue weighted by atomic mass is 16.7. The average molecular weight is 204 g/mol. The fourth-order valence-electron chi connectivity index (χ4n) is 1.63. The third kappa shape index (κ3) is 2.45. The minimum Gasteiger partial charge on any atom is -0.390 e. The van der Waals surface area contributed by atoms with Crippen LogP contribution in [0.4, 0.5) is 0 Å². The molecule has 0 aromatic heterocycles. The van der Waals surface area contributed by atoms with E-state index in [9.17, 15) is 10.2 Å². The van der Waals surface area contributed by atoms with Crippen molar-refractivity contribution < 1.29 is 19.7 Å². The molecular weight excluding hydrogens is 184 g/mol. The molecular formula is C10H20O4. The molecule has 4 nitrogen and oxygen atoms in total. The van der Waals surface area contributed by atoms with Gasteiger partial charge in [-0.2, -0.15) is 0 Å². The Kier molecular flexibility index (Phi) is 3.89. The highest BCUT2D eigenvalue weighted by Crippen LogP contribution is 2.26. The van der Waals surface area contributed by atoms with Crippen molar-refractivity contribution in [1.82, 2.24) is 0 Å². The Hall–Kier alpha value is -0.160. The minimum absolute atomic E-state index is 0.00397. The molecule has 14 heavy (non-hydrogen) atoms. The maximum absolute atomic E-state index is 9.76. The van der Waals surface area contributed by atoms with E-state index in [4.69, 9.17) is 9.47 Å². The third-order valence-electron chi connectivity index (χ3n) is 2.59. The fourth-order valence-corrected chi connectivity index (χ4v) is 1.63. The Bertz CT molecular complexity index is 183. The van der Waals surface area contributed by atoms with Crippen molar-refractivity contribution >= 4 is 0 Å². The Balaban J connectivity index is 2.60. The smallest absolute Gasteiger partial charge is 0.184 e. The number of ether oxygens (including phenoxy) is 2.